The Labute approximate surface area is 146 Å². The molecule has 0 spiro atoms. The van der Waals surface area contributed by atoms with Crippen molar-refractivity contribution in [3.8, 4) is 11.4 Å². The molecule has 0 aliphatic rings. The van der Waals surface area contributed by atoms with Crippen molar-refractivity contribution in [3.63, 3.8) is 0 Å². The Hall–Kier alpha value is -2.13. The molecule has 1 aromatic heterocycles. The van der Waals surface area contributed by atoms with E-state index in [0.717, 1.165) is 5.56 Å². The van der Waals surface area contributed by atoms with Gasteiger partial charge in [0.2, 0.25) is 0 Å². The number of carboxylic acids is 2. The fourth-order valence-electron chi connectivity index (χ4n) is 1.64. The van der Waals surface area contributed by atoms with Gasteiger partial charge in [0, 0.05) is 17.1 Å². The van der Waals surface area contributed by atoms with Gasteiger partial charge in [-0.05, 0) is 0 Å². The first-order chi connectivity index (χ1) is 11.5. The average Bonchev–Trinajstić information content (AvgIpc) is 2.55. The molecule has 2 rings (SSSR count). The van der Waals surface area contributed by atoms with Gasteiger partial charge in [-0.1, -0.05) is 53.9 Å². The smallest absolute Gasteiger partial charge is 0.304 e. The van der Waals surface area contributed by atoms with Crippen LogP contribution in [0.25, 0.3) is 11.4 Å². The number of carboxylic acid groups (broad SMARTS) is 2. The highest BCUT2D eigenvalue weighted by Gasteiger charge is 2.11. The van der Waals surface area contributed by atoms with Crippen LogP contribution in [0.1, 0.15) is 12.8 Å². The van der Waals surface area contributed by atoms with E-state index in [1.54, 1.807) is 0 Å². The Morgan fingerprint density at radius 1 is 0.833 bits per heavy atom. The van der Waals surface area contributed by atoms with Gasteiger partial charge in [-0.3, -0.25) is 9.59 Å². The number of nitrogens with zero attached hydrogens (tertiary/aromatic N) is 3. The summed E-state index contributed by atoms with van der Waals surface area (Å²) in [6, 6.07) is 9.36. The molecule has 7 nitrogen and oxygen atoms in total. The minimum Gasteiger partial charge on any atom is -0.481 e. The lowest BCUT2D eigenvalue weighted by atomic mass is 10.2. The Morgan fingerprint density at radius 3 is 1.79 bits per heavy atom. The van der Waals surface area contributed by atoms with Crippen LogP contribution < -0.4 is 0 Å². The number of hydrogen-bond acceptors (Lipinski definition) is 7. The molecule has 0 fully saturated rings. The molecule has 126 valence electrons. The Morgan fingerprint density at radius 2 is 1.33 bits per heavy atom. The minimum absolute atomic E-state index is 0.0124. The summed E-state index contributed by atoms with van der Waals surface area (Å²) in [5, 5.41) is 18.3. The number of aromatic nitrogens is 3. The largest absolute Gasteiger partial charge is 0.481 e. The zero-order valence-corrected chi connectivity index (χ0v) is 14.2. The maximum Gasteiger partial charge on any atom is 0.304 e. The average molecular weight is 365 g/mol. The lowest BCUT2D eigenvalue weighted by Gasteiger charge is -2.06. The van der Waals surface area contributed by atoms with E-state index in [2.05, 4.69) is 15.0 Å². The van der Waals surface area contributed by atoms with E-state index in [0.29, 0.717) is 27.6 Å². The summed E-state index contributed by atoms with van der Waals surface area (Å²) < 4.78 is 0. The van der Waals surface area contributed by atoms with Crippen molar-refractivity contribution in [2.75, 3.05) is 11.5 Å². The fourth-order valence-corrected chi connectivity index (χ4v) is 3.22. The number of benzene rings is 1. The number of aliphatic carboxylic acids is 2. The number of rotatable bonds is 9. The maximum atomic E-state index is 10.6. The molecule has 0 aliphatic carbocycles. The van der Waals surface area contributed by atoms with Crippen molar-refractivity contribution < 1.29 is 19.8 Å². The Bertz CT molecular complexity index is 675. The molecular weight excluding hydrogens is 350 g/mol. The monoisotopic (exact) mass is 365 g/mol. The third-order valence-corrected chi connectivity index (χ3v) is 4.42. The summed E-state index contributed by atoms with van der Waals surface area (Å²) in [4.78, 5) is 34.2. The van der Waals surface area contributed by atoms with Gasteiger partial charge in [-0.2, -0.15) is 4.98 Å². The molecule has 2 N–H and O–H groups in total. The van der Waals surface area contributed by atoms with Crippen LogP contribution in [0.4, 0.5) is 0 Å². The van der Waals surface area contributed by atoms with Gasteiger partial charge < -0.3 is 10.2 Å². The first-order valence-corrected chi connectivity index (χ1v) is 9.02. The molecule has 0 unspecified atom stereocenters. The highest BCUT2D eigenvalue weighted by molar-refractivity contribution is 7.99. The summed E-state index contributed by atoms with van der Waals surface area (Å²) in [6.07, 6.45) is 0.0248. The second-order valence-corrected chi connectivity index (χ2v) is 6.70. The van der Waals surface area contributed by atoms with Crippen LogP contribution in [0.15, 0.2) is 40.6 Å². The van der Waals surface area contributed by atoms with E-state index >= 15 is 0 Å². The zero-order chi connectivity index (χ0) is 17.4. The highest BCUT2D eigenvalue weighted by Crippen LogP contribution is 2.24. The molecule has 1 heterocycles. The highest BCUT2D eigenvalue weighted by atomic mass is 32.2. The second kappa shape index (κ2) is 9.24. The van der Waals surface area contributed by atoms with Gasteiger partial charge >= 0.3 is 11.9 Å². The standard InChI is InChI=1S/C15H15N3O4S2/c19-11(20)6-8-23-14-16-13(10-4-2-1-3-5-10)17-15(18-14)24-9-7-12(21)22/h1-5H,6-9H2,(H,19,20)(H,21,22). The fraction of sp³-hybridized carbons (Fsp3) is 0.267. The van der Waals surface area contributed by atoms with Crippen LogP contribution in [-0.2, 0) is 9.59 Å². The third-order valence-electron chi connectivity index (χ3n) is 2.72. The first-order valence-electron chi connectivity index (χ1n) is 7.05. The Kier molecular flexibility index (Phi) is 7.01. The molecule has 0 atom stereocenters. The summed E-state index contributed by atoms with van der Waals surface area (Å²) in [5.41, 5.74) is 0.820. The van der Waals surface area contributed by atoms with Gasteiger partial charge in [0.1, 0.15) is 0 Å². The van der Waals surface area contributed by atoms with E-state index in [-0.39, 0.29) is 12.8 Å². The van der Waals surface area contributed by atoms with Crippen LogP contribution in [0.2, 0.25) is 0 Å². The molecule has 24 heavy (non-hydrogen) atoms. The third kappa shape index (κ3) is 6.17. The molecule has 0 aliphatic heterocycles. The predicted octanol–water partition coefficient (Wildman–Crippen LogP) is 2.67. The van der Waals surface area contributed by atoms with Crippen LogP contribution in [-0.4, -0.2) is 48.6 Å². The number of thioether (sulfide) groups is 2. The summed E-state index contributed by atoms with van der Waals surface area (Å²) in [6.45, 7) is 0. The van der Waals surface area contributed by atoms with Crippen molar-refractivity contribution in [1.29, 1.82) is 0 Å². The van der Waals surface area contributed by atoms with Gasteiger partial charge in [-0.15, -0.1) is 0 Å². The van der Waals surface area contributed by atoms with E-state index in [1.807, 2.05) is 30.3 Å². The van der Waals surface area contributed by atoms with Gasteiger partial charge in [0.15, 0.2) is 16.1 Å². The first kappa shape index (κ1) is 18.2. The summed E-state index contributed by atoms with van der Waals surface area (Å²) in [5.74, 6) is -0.562. The number of carbonyl (C=O) groups is 2. The van der Waals surface area contributed by atoms with Gasteiger partial charge in [-0.25, -0.2) is 9.97 Å². The van der Waals surface area contributed by atoms with Crippen molar-refractivity contribution in [1.82, 2.24) is 15.0 Å². The van der Waals surface area contributed by atoms with Crippen molar-refractivity contribution in [2.45, 2.75) is 23.2 Å². The maximum absolute atomic E-state index is 10.6. The van der Waals surface area contributed by atoms with Crippen molar-refractivity contribution in [3.05, 3.63) is 30.3 Å². The van der Waals surface area contributed by atoms with E-state index in [4.69, 9.17) is 10.2 Å². The molecule has 9 heteroatoms. The van der Waals surface area contributed by atoms with E-state index in [1.165, 1.54) is 23.5 Å². The lowest BCUT2D eigenvalue weighted by molar-refractivity contribution is -0.137. The van der Waals surface area contributed by atoms with E-state index < -0.39 is 11.9 Å². The van der Waals surface area contributed by atoms with Crippen molar-refractivity contribution in [2.24, 2.45) is 0 Å². The molecule has 0 amide bonds. The Balaban J connectivity index is 2.18. The molecule has 0 saturated carbocycles. The SMILES string of the molecule is O=C(O)CCSc1nc(SCCC(=O)O)nc(-c2ccccc2)n1. The molecular formula is C15H15N3O4S2. The van der Waals surface area contributed by atoms with Crippen molar-refractivity contribution >= 4 is 35.5 Å². The quantitative estimate of drug-likeness (QED) is 0.647. The second-order valence-electron chi connectivity index (χ2n) is 4.57. The minimum atomic E-state index is -0.879. The molecule has 0 saturated heterocycles. The van der Waals surface area contributed by atoms with Crippen LogP contribution >= 0.6 is 23.5 Å². The molecule has 2 aromatic rings. The number of hydrogen-bond donors (Lipinski definition) is 2. The van der Waals surface area contributed by atoms with Crippen LogP contribution in [0.3, 0.4) is 0 Å². The lowest BCUT2D eigenvalue weighted by Crippen LogP contribution is -2.02. The van der Waals surface area contributed by atoms with Gasteiger partial charge in [0.25, 0.3) is 0 Å². The van der Waals surface area contributed by atoms with Crippen LogP contribution in [0, 0.1) is 0 Å². The summed E-state index contributed by atoms with van der Waals surface area (Å²) in [7, 11) is 0. The molecule has 0 bridgehead atoms. The molecule has 1 aromatic carbocycles. The van der Waals surface area contributed by atoms with E-state index in [9.17, 15) is 9.59 Å². The zero-order valence-electron chi connectivity index (χ0n) is 12.6. The van der Waals surface area contributed by atoms with Gasteiger partial charge in [0.05, 0.1) is 12.8 Å². The predicted molar refractivity (Wildman–Crippen MR) is 91.2 cm³/mol. The normalized spacial score (nSPS) is 10.5. The summed E-state index contributed by atoms with van der Waals surface area (Å²) >= 11 is 2.48. The molecule has 0 radical (unpaired) electrons. The topological polar surface area (TPSA) is 113 Å². The van der Waals surface area contributed by atoms with Crippen LogP contribution in [0.5, 0.6) is 0 Å².